The monoisotopic (exact) mass is 406 g/mol. The highest BCUT2D eigenvalue weighted by Gasteiger charge is 2.32. The minimum atomic E-state index is -0.616. The van der Waals surface area contributed by atoms with Crippen LogP contribution in [0.3, 0.4) is 0 Å². The Bertz CT molecular complexity index is 1040. The maximum absolute atomic E-state index is 12.9. The highest BCUT2D eigenvalue weighted by Crippen LogP contribution is 2.33. The second-order valence-electron chi connectivity index (χ2n) is 7.82. The van der Waals surface area contributed by atoms with E-state index in [1.807, 2.05) is 42.5 Å². The van der Waals surface area contributed by atoms with Crippen molar-refractivity contribution in [1.82, 2.24) is 9.97 Å². The van der Waals surface area contributed by atoms with Crippen LogP contribution in [0.5, 0.6) is 0 Å². The number of carbonyl (C=O) groups excluding carboxylic acids is 2. The Morgan fingerprint density at radius 3 is 2.60 bits per heavy atom. The standard InChI is InChI=1S/C23H26N4O3/c1-30-23(29)20(24)15-7-9-16(10-8-15)22(28)27-18-11-12-25-21-17(18)13-19(26-21)14-5-3-2-4-6-14/h2-6,11-13,15-16,20H,7-10,24H2,1H3,(H2,25,26,27,28)/t15-,16-,20?. The number of aromatic amines is 1. The molecule has 1 saturated carbocycles. The fourth-order valence-corrected chi connectivity index (χ4v) is 4.21. The number of nitrogens with one attached hydrogen (secondary N) is 2. The molecule has 30 heavy (non-hydrogen) atoms. The van der Waals surface area contributed by atoms with Gasteiger partial charge in [0.25, 0.3) is 0 Å². The molecule has 0 spiro atoms. The number of amides is 1. The molecule has 1 amide bonds. The number of anilines is 1. The van der Waals surface area contributed by atoms with Gasteiger partial charge in [0.1, 0.15) is 11.7 Å². The lowest BCUT2D eigenvalue weighted by molar-refractivity contribution is -0.143. The molecule has 2 aromatic heterocycles. The van der Waals surface area contributed by atoms with Gasteiger partial charge in [0.2, 0.25) is 5.91 Å². The van der Waals surface area contributed by atoms with Gasteiger partial charge in [0.15, 0.2) is 0 Å². The molecule has 1 atom stereocenters. The highest BCUT2D eigenvalue weighted by molar-refractivity contribution is 6.02. The lowest BCUT2D eigenvalue weighted by atomic mass is 9.78. The maximum Gasteiger partial charge on any atom is 0.322 e. The Hall–Kier alpha value is -3.19. The van der Waals surface area contributed by atoms with Crippen molar-refractivity contribution < 1.29 is 14.3 Å². The van der Waals surface area contributed by atoms with E-state index in [1.54, 1.807) is 6.20 Å². The number of aromatic nitrogens is 2. The molecule has 0 radical (unpaired) electrons. The number of nitrogens with zero attached hydrogens (tertiary/aromatic N) is 1. The van der Waals surface area contributed by atoms with E-state index in [4.69, 9.17) is 10.5 Å². The van der Waals surface area contributed by atoms with Crippen LogP contribution in [0.25, 0.3) is 22.3 Å². The molecule has 1 unspecified atom stereocenters. The summed E-state index contributed by atoms with van der Waals surface area (Å²) in [7, 11) is 1.35. The molecule has 1 fully saturated rings. The summed E-state index contributed by atoms with van der Waals surface area (Å²) in [5.41, 5.74) is 9.48. The number of hydrogen-bond acceptors (Lipinski definition) is 5. The molecule has 4 rings (SSSR count). The first-order valence-electron chi connectivity index (χ1n) is 10.2. The fraction of sp³-hybridized carbons (Fsp3) is 0.348. The number of ether oxygens (including phenoxy) is 1. The smallest absolute Gasteiger partial charge is 0.322 e. The summed E-state index contributed by atoms with van der Waals surface area (Å²) in [6.07, 6.45) is 4.58. The van der Waals surface area contributed by atoms with E-state index in [2.05, 4.69) is 15.3 Å². The van der Waals surface area contributed by atoms with E-state index in [0.717, 1.165) is 40.8 Å². The number of carbonyl (C=O) groups is 2. The van der Waals surface area contributed by atoms with Crippen molar-refractivity contribution in [3.05, 3.63) is 48.7 Å². The van der Waals surface area contributed by atoms with Crippen LogP contribution in [-0.4, -0.2) is 35.0 Å². The molecule has 1 aromatic carbocycles. The molecule has 156 valence electrons. The van der Waals surface area contributed by atoms with Gasteiger partial charge in [-0.25, -0.2) is 4.98 Å². The molecule has 0 bridgehead atoms. The number of hydrogen-bond donors (Lipinski definition) is 3. The van der Waals surface area contributed by atoms with Gasteiger partial charge in [-0.3, -0.25) is 9.59 Å². The molecule has 7 heteroatoms. The summed E-state index contributed by atoms with van der Waals surface area (Å²) in [6.45, 7) is 0. The van der Waals surface area contributed by atoms with Crippen molar-refractivity contribution in [2.24, 2.45) is 17.6 Å². The van der Waals surface area contributed by atoms with Gasteiger partial charge in [-0.2, -0.15) is 0 Å². The summed E-state index contributed by atoms with van der Waals surface area (Å²) in [5.74, 6) is -0.423. The highest BCUT2D eigenvalue weighted by atomic mass is 16.5. The van der Waals surface area contributed by atoms with Gasteiger partial charge in [-0.15, -0.1) is 0 Å². The topological polar surface area (TPSA) is 110 Å². The van der Waals surface area contributed by atoms with Crippen LogP contribution in [0.4, 0.5) is 5.69 Å². The number of nitrogens with two attached hydrogens (primary N) is 1. The summed E-state index contributed by atoms with van der Waals surface area (Å²) in [4.78, 5) is 32.3. The van der Waals surface area contributed by atoms with Gasteiger partial charge in [0.05, 0.1) is 12.8 Å². The third-order valence-corrected chi connectivity index (χ3v) is 6.00. The average Bonchev–Trinajstić information content (AvgIpc) is 3.24. The Balaban J connectivity index is 1.45. The second-order valence-corrected chi connectivity index (χ2v) is 7.82. The van der Waals surface area contributed by atoms with Gasteiger partial charge in [-0.1, -0.05) is 30.3 Å². The van der Waals surface area contributed by atoms with Crippen molar-refractivity contribution in [2.45, 2.75) is 31.7 Å². The average molecular weight is 406 g/mol. The van der Waals surface area contributed by atoms with E-state index in [9.17, 15) is 9.59 Å². The molecule has 1 aliphatic rings. The first-order chi connectivity index (χ1) is 14.6. The summed E-state index contributed by atoms with van der Waals surface area (Å²) >= 11 is 0. The molecular weight excluding hydrogens is 380 g/mol. The second kappa shape index (κ2) is 8.67. The Morgan fingerprint density at radius 1 is 1.17 bits per heavy atom. The molecular formula is C23H26N4O3. The van der Waals surface area contributed by atoms with E-state index >= 15 is 0 Å². The van der Waals surface area contributed by atoms with Gasteiger partial charge in [0, 0.05) is 23.2 Å². The number of methoxy groups -OCH3 is 1. The summed E-state index contributed by atoms with van der Waals surface area (Å²) in [5, 5.41) is 3.96. The number of fused-ring (bicyclic) bond motifs is 1. The van der Waals surface area contributed by atoms with Gasteiger partial charge < -0.3 is 20.8 Å². The maximum atomic E-state index is 12.9. The van der Waals surface area contributed by atoms with Crippen molar-refractivity contribution in [2.75, 3.05) is 12.4 Å². The predicted octanol–water partition coefficient (Wildman–Crippen LogP) is 3.48. The third kappa shape index (κ3) is 4.07. The van der Waals surface area contributed by atoms with E-state index < -0.39 is 6.04 Å². The van der Waals surface area contributed by atoms with Gasteiger partial charge in [-0.05, 0) is 49.3 Å². The number of rotatable bonds is 5. The largest absolute Gasteiger partial charge is 0.468 e. The van der Waals surface area contributed by atoms with E-state index in [0.29, 0.717) is 12.8 Å². The third-order valence-electron chi connectivity index (χ3n) is 6.00. The van der Waals surface area contributed by atoms with Crippen LogP contribution < -0.4 is 11.1 Å². The molecule has 4 N–H and O–H groups in total. The minimum Gasteiger partial charge on any atom is -0.468 e. The van der Waals surface area contributed by atoms with Crippen LogP contribution in [-0.2, 0) is 14.3 Å². The fourth-order valence-electron chi connectivity index (χ4n) is 4.21. The molecule has 2 heterocycles. The van der Waals surface area contributed by atoms with E-state index in [-0.39, 0.29) is 23.7 Å². The van der Waals surface area contributed by atoms with Crippen molar-refractivity contribution in [1.29, 1.82) is 0 Å². The Kier molecular flexibility index (Phi) is 5.81. The summed E-state index contributed by atoms with van der Waals surface area (Å²) in [6, 6.07) is 13.2. The van der Waals surface area contributed by atoms with Crippen LogP contribution in [0.2, 0.25) is 0 Å². The normalized spacial score (nSPS) is 19.9. The van der Waals surface area contributed by atoms with Crippen LogP contribution in [0, 0.1) is 11.8 Å². The van der Waals surface area contributed by atoms with Crippen LogP contribution in [0.15, 0.2) is 48.7 Å². The lowest BCUT2D eigenvalue weighted by Gasteiger charge is -2.30. The van der Waals surface area contributed by atoms with Crippen LogP contribution >= 0.6 is 0 Å². The van der Waals surface area contributed by atoms with E-state index in [1.165, 1.54) is 7.11 Å². The molecule has 0 aliphatic heterocycles. The zero-order valence-electron chi connectivity index (χ0n) is 16.9. The number of pyridine rings is 1. The first-order valence-corrected chi connectivity index (χ1v) is 10.2. The minimum absolute atomic E-state index is 0.00458. The number of esters is 1. The van der Waals surface area contributed by atoms with Gasteiger partial charge >= 0.3 is 5.97 Å². The summed E-state index contributed by atoms with van der Waals surface area (Å²) < 4.78 is 4.74. The van der Waals surface area contributed by atoms with Crippen molar-refractivity contribution >= 4 is 28.6 Å². The number of H-pyrrole nitrogens is 1. The first kappa shape index (κ1) is 20.1. The quantitative estimate of drug-likeness (QED) is 0.562. The zero-order valence-corrected chi connectivity index (χ0v) is 16.9. The van der Waals surface area contributed by atoms with Crippen LogP contribution in [0.1, 0.15) is 25.7 Å². The Morgan fingerprint density at radius 2 is 1.90 bits per heavy atom. The molecule has 1 aliphatic carbocycles. The zero-order chi connectivity index (χ0) is 21.1. The molecule has 0 saturated heterocycles. The predicted molar refractivity (Wildman–Crippen MR) is 116 cm³/mol. The Labute approximate surface area is 175 Å². The number of benzene rings is 1. The SMILES string of the molecule is COC(=O)C(N)[C@H]1CC[C@H](C(=O)Nc2ccnc3[nH]c(-c4ccccc4)cc23)CC1. The molecule has 7 nitrogen and oxygen atoms in total. The lowest BCUT2D eigenvalue weighted by Crippen LogP contribution is -2.41. The molecule has 3 aromatic rings. The van der Waals surface area contributed by atoms with Crippen molar-refractivity contribution in [3.8, 4) is 11.3 Å². The van der Waals surface area contributed by atoms with Crippen molar-refractivity contribution in [3.63, 3.8) is 0 Å².